The summed E-state index contributed by atoms with van der Waals surface area (Å²) in [4.78, 5) is 11.1. The molecule has 1 atom stereocenters. The number of hydrogen-bond acceptors (Lipinski definition) is 1. The van der Waals surface area contributed by atoms with E-state index in [0.717, 1.165) is 25.3 Å². The fourth-order valence-corrected chi connectivity index (χ4v) is 3.90. The maximum absolute atomic E-state index is 11.1. The van der Waals surface area contributed by atoms with Crippen LogP contribution in [-0.2, 0) is 24.1 Å². The van der Waals surface area contributed by atoms with E-state index in [0.29, 0.717) is 0 Å². The van der Waals surface area contributed by atoms with Crippen LogP contribution < -0.4 is 5.32 Å². The molecule has 1 aromatic rings. The van der Waals surface area contributed by atoms with Gasteiger partial charge in [-0.2, -0.15) is 0 Å². The number of carbonyl (C=O) groups is 1. The van der Waals surface area contributed by atoms with Crippen LogP contribution >= 0.6 is 0 Å². The van der Waals surface area contributed by atoms with Crippen LogP contribution in [0.4, 0.5) is 0 Å². The summed E-state index contributed by atoms with van der Waals surface area (Å²) < 4.78 is 0. The highest BCUT2D eigenvalue weighted by atomic mass is 16.1. The number of hydrogen-bond donors (Lipinski definition) is 1. The number of benzene rings is 1. The van der Waals surface area contributed by atoms with Crippen LogP contribution in [0.2, 0.25) is 0 Å². The molecule has 1 aliphatic rings. The largest absolute Gasteiger partial charge is 0.353 e. The van der Waals surface area contributed by atoms with Crippen LogP contribution in [0.25, 0.3) is 0 Å². The van der Waals surface area contributed by atoms with Crippen molar-refractivity contribution in [3.63, 3.8) is 0 Å². The SMILES string of the molecule is C=CC(=O)NCCCc1ccc2c(c1)CCC(CCCCCCC)C2. The van der Waals surface area contributed by atoms with Crippen LogP contribution in [-0.4, -0.2) is 12.5 Å². The van der Waals surface area contributed by atoms with E-state index in [1.165, 1.54) is 69.4 Å². The van der Waals surface area contributed by atoms with Crippen molar-refractivity contribution in [2.45, 2.75) is 77.6 Å². The first kappa shape index (κ1) is 19.8. The van der Waals surface area contributed by atoms with E-state index >= 15 is 0 Å². The van der Waals surface area contributed by atoms with E-state index < -0.39 is 0 Å². The Hall–Kier alpha value is -1.57. The Kier molecular flexibility index (Phi) is 8.79. The van der Waals surface area contributed by atoms with Gasteiger partial charge in [-0.25, -0.2) is 0 Å². The molecular formula is C23H35NO. The van der Waals surface area contributed by atoms with E-state index in [2.05, 4.69) is 37.0 Å². The lowest BCUT2D eigenvalue weighted by Gasteiger charge is -2.25. The van der Waals surface area contributed by atoms with Crippen LogP contribution in [0, 0.1) is 5.92 Å². The number of carbonyl (C=O) groups excluding carboxylic acids is 1. The van der Waals surface area contributed by atoms with Gasteiger partial charge >= 0.3 is 0 Å². The molecule has 25 heavy (non-hydrogen) atoms. The minimum Gasteiger partial charge on any atom is -0.353 e. The standard InChI is InChI=1S/C23H35NO/c1-3-5-6-7-8-10-19-12-14-22-18-20(13-15-21(22)17-19)11-9-16-24-23(25)4-2/h4,13,15,18-19H,2-3,5-12,14,16-17H2,1H3,(H,24,25). The molecule has 1 unspecified atom stereocenters. The zero-order valence-electron chi connectivity index (χ0n) is 16.0. The summed E-state index contributed by atoms with van der Waals surface area (Å²) in [5.74, 6) is 0.820. The van der Waals surface area contributed by atoms with E-state index in [4.69, 9.17) is 0 Å². The molecule has 0 heterocycles. The fraction of sp³-hybridized carbons (Fsp3) is 0.609. The van der Waals surface area contributed by atoms with Gasteiger partial charge in [0.25, 0.3) is 0 Å². The summed E-state index contributed by atoms with van der Waals surface area (Å²) in [5, 5.41) is 2.85. The lowest BCUT2D eigenvalue weighted by molar-refractivity contribution is -0.116. The van der Waals surface area contributed by atoms with Crippen LogP contribution in [0.15, 0.2) is 30.9 Å². The zero-order valence-corrected chi connectivity index (χ0v) is 16.0. The highest BCUT2D eigenvalue weighted by Crippen LogP contribution is 2.30. The number of fused-ring (bicyclic) bond motifs is 1. The number of rotatable bonds is 11. The summed E-state index contributed by atoms with van der Waals surface area (Å²) in [7, 11) is 0. The van der Waals surface area contributed by atoms with Gasteiger partial charge in [0.05, 0.1) is 0 Å². The summed E-state index contributed by atoms with van der Waals surface area (Å²) in [5.41, 5.74) is 4.55. The highest BCUT2D eigenvalue weighted by Gasteiger charge is 2.18. The van der Waals surface area contributed by atoms with Gasteiger partial charge in [-0.1, -0.05) is 70.2 Å². The minimum atomic E-state index is -0.0776. The molecule has 0 bridgehead atoms. The average molecular weight is 342 g/mol. The fourth-order valence-electron chi connectivity index (χ4n) is 3.90. The molecule has 0 saturated heterocycles. The third-order valence-electron chi connectivity index (χ3n) is 5.44. The summed E-state index contributed by atoms with van der Waals surface area (Å²) in [6.45, 7) is 6.48. The molecule has 0 spiro atoms. The Balaban J connectivity index is 1.72. The van der Waals surface area contributed by atoms with Gasteiger partial charge in [-0.05, 0) is 60.8 Å². The van der Waals surface area contributed by atoms with Crippen molar-refractivity contribution in [2.75, 3.05) is 6.54 Å². The normalized spacial score (nSPS) is 16.3. The van der Waals surface area contributed by atoms with E-state index in [-0.39, 0.29) is 5.91 Å². The predicted molar refractivity (Wildman–Crippen MR) is 107 cm³/mol. The topological polar surface area (TPSA) is 29.1 Å². The van der Waals surface area contributed by atoms with Crippen LogP contribution in [0.1, 0.15) is 75.0 Å². The van der Waals surface area contributed by atoms with Gasteiger partial charge in [0.15, 0.2) is 0 Å². The second-order valence-corrected chi connectivity index (χ2v) is 7.51. The number of aryl methyl sites for hydroxylation is 2. The van der Waals surface area contributed by atoms with Crippen molar-refractivity contribution in [1.82, 2.24) is 5.32 Å². The molecule has 0 aliphatic heterocycles. The smallest absolute Gasteiger partial charge is 0.243 e. The summed E-state index contributed by atoms with van der Waals surface area (Å²) in [6, 6.07) is 7.05. The Morgan fingerprint density at radius 2 is 2.04 bits per heavy atom. The molecule has 0 saturated carbocycles. The third kappa shape index (κ3) is 7.05. The van der Waals surface area contributed by atoms with E-state index in [9.17, 15) is 4.79 Å². The van der Waals surface area contributed by atoms with Gasteiger partial charge in [-0.15, -0.1) is 0 Å². The van der Waals surface area contributed by atoms with E-state index in [1.54, 1.807) is 11.1 Å². The molecule has 2 heteroatoms. The van der Waals surface area contributed by atoms with Crippen LogP contribution in [0.3, 0.4) is 0 Å². The molecule has 1 amide bonds. The molecule has 2 nitrogen and oxygen atoms in total. The van der Waals surface area contributed by atoms with Gasteiger partial charge in [0.1, 0.15) is 0 Å². The first-order chi connectivity index (χ1) is 12.2. The molecule has 0 radical (unpaired) electrons. The lowest BCUT2D eigenvalue weighted by Crippen LogP contribution is -2.22. The molecule has 0 aromatic heterocycles. The van der Waals surface area contributed by atoms with Crippen molar-refractivity contribution in [3.8, 4) is 0 Å². The second-order valence-electron chi connectivity index (χ2n) is 7.51. The Labute approximate surface area is 154 Å². The summed E-state index contributed by atoms with van der Waals surface area (Å²) in [6.07, 6.45) is 15.6. The zero-order chi connectivity index (χ0) is 17.9. The lowest BCUT2D eigenvalue weighted by atomic mass is 9.80. The van der Waals surface area contributed by atoms with Crippen molar-refractivity contribution in [1.29, 1.82) is 0 Å². The predicted octanol–water partition coefficient (Wildman–Crippen LogP) is 5.39. The maximum Gasteiger partial charge on any atom is 0.243 e. The highest BCUT2D eigenvalue weighted by molar-refractivity contribution is 5.86. The average Bonchev–Trinajstić information content (AvgIpc) is 2.64. The monoisotopic (exact) mass is 341 g/mol. The molecule has 138 valence electrons. The first-order valence-corrected chi connectivity index (χ1v) is 10.2. The molecule has 1 N–H and O–H groups in total. The maximum atomic E-state index is 11.1. The van der Waals surface area contributed by atoms with Gasteiger partial charge in [0.2, 0.25) is 5.91 Å². The van der Waals surface area contributed by atoms with Crippen molar-refractivity contribution >= 4 is 5.91 Å². The van der Waals surface area contributed by atoms with Gasteiger partial charge in [0, 0.05) is 6.54 Å². The second kappa shape index (κ2) is 11.1. The Bertz CT molecular complexity index is 549. The molecule has 2 rings (SSSR count). The van der Waals surface area contributed by atoms with Crippen molar-refractivity contribution in [2.24, 2.45) is 5.92 Å². The quantitative estimate of drug-likeness (QED) is 0.424. The Morgan fingerprint density at radius 1 is 1.20 bits per heavy atom. The van der Waals surface area contributed by atoms with Crippen molar-refractivity contribution in [3.05, 3.63) is 47.5 Å². The van der Waals surface area contributed by atoms with Crippen LogP contribution in [0.5, 0.6) is 0 Å². The third-order valence-corrected chi connectivity index (χ3v) is 5.44. The number of nitrogens with one attached hydrogen (secondary N) is 1. The van der Waals surface area contributed by atoms with Gasteiger partial charge in [-0.3, -0.25) is 4.79 Å². The molecular weight excluding hydrogens is 306 g/mol. The Morgan fingerprint density at radius 3 is 2.84 bits per heavy atom. The first-order valence-electron chi connectivity index (χ1n) is 10.2. The molecule has 0 fully saturated rings. The van der Waals surface area contributed by atoms with E-state index in [1.807, 2.05) is 0 Å². The molecule has 1 aromatic carbocycles. The van der Waals surface area contributed by atoms with Gasteiger partial charge < -0.3 is 5.32 Å². The summed E-state index contributed by atoms with van der Waals surface area (Å²) >= 11 is 0. The minimum absolute atomic E-state index is 0.0776. The van der Waals surface area contributed by atoms with Crippen molar-refractivity contribution < 1.29 is 4.79 Å². The number of amides is 1. The number of unbranched alkanes of at least 4 members (excludes halogenated alkanes) is 4. The molecule has 1 aliphatic carbocycles.